The molecule has 2 nitrogen and oxygen atoms in total. The van der Waals surface area contributed by atoms with Crippen LogP contribution in [0.15, 0.2) is 55.1 Å². The number of aliphatic hydroxyl groups is 2. The Kier molecular flexibility index (Phi) is 4.11. The molecule has 74 valence electrons. The largest absolute Gasteiger partial charge is 0.386 e. The fourth-order valence-electron chi connectivity index (χ4n) is 1.15. The molecule has 1 aromatic carbocycles. The van der Waals surface area contributed by atoms with Gasteiger partial charge >= 0.3 is 0 Å². The molecule has 0 unspecified atom stereocenters. The highest BCUT2D eigenvalue weighted by Gasteiger charge is 2.14. The second-order valence-electron chi connectivity index (χ2n) is 2.97. The third-order valence-electron chi connectivity index (χ3n) is 1.91. The minimum absolute atomic E-state index is 0.703. The molecular weight excluding hydrogens is 176 g/mol. The molecular formula is C12H14O2. The maximum absolute atomic E-state index is 9.68. The molecule has 0 radical (unpaired) electrons. The fourth-order valence-corrected chi connectivity index (χ4v) is 1.15. The average Bonchev–Trinajstić information content (AvgIpc) is 2.26. The van der Waals surface area contributed by atoms with Crippen LogP contribution in [0.4, 0.5) is 0 Å². The van der Waals surface area contributed by atoms with Crippen LogP contribution in [0, 0.1) is 0 Å². The maximum Gasteiger partial charge on any atom is 0.108 e. The summed E-state index contributed by atoms with van der Waals surface area (Å²) in [5, 5.41) is 19.2. The van der Waals surface area contributed by atoms with Crippen molar-refractivity contribution >= 4 is 0 Å². The van der Waals surface area contributed by atoms with E-state index in [1.807, 2.05) is 18.2 Å². The Labute approximate surface area is 83.8 Å². The van der Waals surface area contributed by atoms with Crippen molar-refractivity contribution in [1.29, 1.82) is 0 Å². The molecule has 0 aliphatic rings. The fraction of sp³-hybridized carbons (Fsp3) is 0.167. The van der Waals surface area contributed by atoms with E-state index in [0.29, 0.717) is 5.56 Å². The number of hydrogen-bond donors (Lipinski definition) is 2. The Morgan fingerprint density at radius 1 is 1.14 bits per heavy atom. The Balaban J connectivity index is 2.70. The van der Waals surface area contributed by atoms with Crippen LogP contribution in [0.2, 0.25) is 0 Å². The van der Waals surface area contributed by atoms with Gasteiger partial charge in [0.2, 0.25) is 0 Å². The molecule has 0 aromatic heterocycles. The molecule has 1 rings (SSSR count). The topological polar surface area (TPSA) is 40.5 Å². The first-order valence-corrected chi connectivity index (χ1v) is 4.46. The van der Waals surface area contributed by atoms with Crippen molar-refractivity contribution in [3.05, 3.63) is 60.7 Å². The summed E-state index contributed by atoms with van der Waals surface area (Å²) in [6.45, 7) is 3.49. The molecule has 0 aliphatic heterocycles. The van der Waals surface area contributed by atoms with Gasteiger partial charge in [-0.2, -0.15) is 0 Å². The molecule has 0 saturated heterocycles. The zero-order valence-corrected chi connectivity index (χ0v) is 7.88. The van der Waals surface area contributed by atoms with Gasteiger partial charge in [-0.25, -0.2) is 0 Å². The highest BCUT2D eigenvalue weighted by atomic mass is 16.3. The van der Waals surface area contributed by atoms with E-state index in [2.05, 4.69) is 6.58 Å². The second kappa shape index (κ2) is 5.37. The van der Waals surface area contributed by atoms with Crippen molar-refractivity contribution in [2.45, 2.75) is 12.2 Å². The minimum Gasteiger partial charge on any atom is -0.386 e. The molecule has 2 heteroatoms. The van der Waals surface area contributed by atoms with Crippen molar-refractivity contribution < 1.29 is 10.2 Å². The number of allylic oxidation sites excluding steroid dienone is 2. The zero-order valence-electron chi connectivity index (χ0n) is 7.88. The van der Waals surface area contributed by atoms with Crippen molar-refractivity contribution in [2.75, 3.05) is 0 Å². The monoisotopic (exact) mass is 190 g/mol. The predicted octanol–water partition coefficient (Wildman–Crippen LogP) is 1.82. The van der Waals surface area contributed by atoms with Crippen LogP contribution in [0.1, 0.15) is 11.7 Å². The summed E-state index contributed by atoms with van der Waals surface area (Å²) in [4.78, 5) is 0. The highest BCUT2D eigenvalue weighted by Crippen LogP contribution is 2.16. The van der Waals surface area contributed by atoms with Gasteiger partial charge in [-0.3, -0.25) is 0 Å². The predicted molar refractivity (Wildman–Crippen MR) is 56.7 cm³/mol. The normalized spacial score (nSPS) is 15.3. The van der Waals surface area contributed by atoms with Gasteiger partial charge in [0.1, 0.15) is 12.2 Å². The van der Waals surface area contributed by atoms with Crippen LogP contribution in [0.25, 0.3) is 0 Å². The van der Waals surface area contributed by atoms with Gasteiger partial charge in [0.05, 0.1) is 0 Å². The van der Waals surface area contributed by atoms with E-state index in [1.54, 1.807) is 24.3 Å². The Bertz CT molecular complexity index is 303. The Morgan fingerprint density at radius 2 is 1.79 bits per heavy atom. The lowest BCUT2D eigenvalue weighted by molar-refractivity contribution is 0.0483. The molecule has 2 atom stereocenters. The van der Waals surface area contributed by atoms with E-state index in [4.69, 9.17) is 0 Å². The van der Waals surface area contributed by atoms with Crippen LogP contribution in [-0.4, -0.2) is 16.3 Å². The summed E-state index contributed by atoms with van der Waals surface area (Å²) in [6.07, 6.45) is 2.89. The smallest absolute Gasteiger partial charge is 0.108 e. The van der Waals surface area contributed by atoms with Gasteiger partial charge in [0, 0.05) is 0 Å². The van der Waals surface area contributed by atoms with Gasteiger partial charge in [0.15, 0.2) is 0 Å². The minimum atomic E-state index is -0.893. The molecule has 0 spiro atoms. The van der Waals surface area contributed by atoms with E-state index in [9.17, 15) is 10.2 Å². The van der Waals surface area contributed by atoms with Crippen molar-refractivity contribution in [3.8, 4) is 0 Å². The molecule has 0 saturated carbocycles. The molecule has 2 N–H and O–H groups in total. The SMILES string of the molecule is C=C/C=C/[C@@H](O)[C@@H](O)c1ccccc1. The standard InChI is InChI=1S/C12H14O2/c1-2-3-9-11(13)12(14)10-7-5-4-6-8-10/h2-9,11-14H,1H2/b9-3+/t11-,12+/m1/s1. The van der Waals surface area contributed by atoms with E-state index in [-0.39, 0.29) is 0 Å². The van der Waals surface area contributed by atoms with Crippen LogP contribution in [-0.2, 0) is 0 Å². The number of hydrogen-bond acceptors (Lipinski definition) is 2. The summed E-state index contributed by atoms with van der Waals surface area (Å²) >= 11 is 0. The summed E-state index contributed by atoms with van der Waals surface area (Å²) in [5.74, 6) is 0. The van der Waals surface area contributed by atoms with E-state index in [1.165, 1.54) is 6.08 Å². The summed E-state index contributed by atoms with van der Waals surface area (Å²) < 4.78 is 0. The van der Waals surface area contributed by atoms with Crippen LogP contribution >= 0.6 is 0 Å². The lowest BCUT2D eigenvalue weighted by Crippen LogP contribution is -2.15. The number of rotatable bonds is 4. The Morgan fingerprint density at radius 3 is 2.36 bits per heavy atom. The van der Waals surface area contributed by atoms with Gasteiger partial charge < -0.3 is 10.2 Å². The molecule has 0 bridgehead atoms. The van der Waals surface area contributed by atoms with Crippen LogP contribution in [0.3, 0.4) is 0 Å². The van der Waals surface area contributed by atoms with Gasteiger partial charge in [0.25, 0.3) is 0 Å². The first-order chi connectivity index (χ1) is 6.75. The van der Waals surface area contributed by atoms with Crippen molar-refractivity contribution in [3.63, 3.8) is 0 Å². The first kappa shape index (κ1) is 10.7. The van der Waals surface area contributed by atoms with Crippen LogP contribution < -0.4 is 0 Å². The molecule has 0 heterocycles. The van der Waals surface area contributed by atoms with E-state index >= 15 is 0 Å². The molecule has 0 amide bonds. The van der Waals surface area contributed by atoms with E-state index in [0.717, 1.165) is 0 Å². The molecule has 1 aromatic rings. The highest BCUT2D eigenvalue weighted by molar-refractivity contribution is 5.20. The first-order valence-electron chi connectivity index (χ1n) is 4.46. The molecule has 0 aliphatic carbocycles. The summed E-state index contributed by atoms with van der Waals surface area (Å²) in [6, 6.07) is 9.05. The summed E-state index contributed by atoms with van der Waals surface area (Å²) in [5.41, 5.74) is 0.703. The quantitative estimate of drug-likeness (QED) is 0.711. The van der Waals surface area contributed by atoms with Crippen molar-refractivity contribution in [2.24, 2.45) is 0 Å². The summed E-state index contributed by atoms with van der Waals surface area (Å²) in [7, 11) is 0. The lowest BCUT2D eigenvalue weighted by Gasteiger charge is -2.14. The lowest BCUT2D eigenvalue weighted by atomic mass is 10.0. The van der Waals surface area contributed by atoms with Gasteiger partial charge in [-0.1, -0.05) is 55.1 Å². The van der Waals surface area contributed by atoms with E-state index < -0.39 is 12.2 Å². The van der Waals surface area contributed by atoms with Gasteiger partial charge in [-0.05, 0) is 5.56 Å². The van der Waals surface area contributed by atoms with Gasteiger partial charge in [-0.15, -0.1) is 0 Å². The average molecular weight is 190 g/mol. The zero-order chi connectivity index (χ0) is 10.4. The number of aliphatic hydroxyl groups excluding tert-OH is 2. The third-order valence-corrected chi connectivity index (χ3v) is 1.91. The van der Waals surface area contributed by atoms with Crippen LogP contribution in [0.5, 0.6) is 0 Å². The second-order valence-corrected chi connectivity index (χ2v) is 2.97. The maximum atomic E-state index is 9.68. The van der Waals surface area contributed by atoms with Crippen molar-refractivity contribution in [1.82, 2.24) is 0 Å². The number of benzene rings is 1. The Hall–Kier alpha value is -1.38. The molecule has 14 heavy (non-hydrogen) atoms. The molecule has 0 fully saturated rings. The third kappa shape index (κ3) is 2.83.